The Morgan fingerprint density at radius 3 is 3.16 bits per heavy atom. The van der Waals surface area contributed by atoms with Crippen molar-refractivity contribution in [2.75, 3.05) is 5.75 Å². The highest BCUT2D eigenvalue weighted by Crippen LogP contribution is 2.36. The third kappa shape index (κ3) is 2.99. The topological polar surface area (TPSA) is 24.9 Å². The van der Waals surface area contributed by atoms with Gasteiger partial charge in [0.05, 0.1) is 0 Å². The molecule has 1 aromatic heterocycles. The largest absolute Gasteiger partial charge is 0.303 e. The molecule has 100 valence electrons. The van der Waals surface area contributed by atoms with Crippen LogP contribution in [0.25, 0.3) is 0 Å². The van der Waals surface area contributed by atoms with Gasteiger partial charge in [-0.25, -0.2) is 9.37 Å². The quantitative estimate of drug-likeness (QED) is 0.929. The number of fused-ring (bicyclic) bond motifs is 1. The van der Waals surface area contributed by atoms with E-state index in [1.807, 2.05) is 24.8 Å². The van der Waals surface area contributed by atoms with Gasteiger partial charge in [-0.2, -0.15) is 0 Å². The molecule has 1 unspecified atom stereocenters. The van der Waals surface area contributed by atoms with Gasteiger partial charge >= 0.3 is 0 Å². The second-order valence-corrected chi connectivity index (χ2v) is 6.71. The molecule has 2 aromatic rings. The van der Waals surface area contributed by atoms with E-state index in [1.165, 1.54) is 4.90 Å². The van der Waals surface area contributed by atoms with Gasteiger partial charge in [0.2, 0.25) is 0 Å². The average Bonchev–Trinajstić information content (AvgIpc) is 2.82. The third-order valence-electron chi connectivity index (χ3n) is 3.18. The van der Waals surface area contributed by atoms with Crippen LogP contribution in [0.1, 0.15) is 28.7 Å². The predicted octanol–water partition coefficient (Wildman–Crippen LogP) is 3.92. The second-order valence-electron chi connectivity index (χ2n) is 4.64. The normalized spacial score (nSPS) is 18.3. The van der Waals surface area contributed by atoms with Crippen molar-refractivity contribution in [3.63, 3.8) is 0 Å². The molecule has 19 heavy (non-hydrogen) atoms. The van der Waals surface area contributed by atoms with Gasteiger partial charge in [0, 0.05) is 28.6 Å². The molecule has 2 nitrogen and oxygen atoms in total. The number of rotatable bonds is 3. The van der Waals surface area contributed by atoms with Crippen molar-refractivity contribution in [2.24, 2.45) is 0 Å². The van der Waals surface area contributed by atoms with Gasteiger partial charge in [-0.1, -0.05) is 0 Å². The third-order valence-corrected chi connectivity index (χ3v) is 5.27. The zero-order valence-electron chi connectivity index (χ0n) is 10.6. The van der Waals surface area contributed by atoms with Crippen molar-refractivity contribution < 1.29 is 4.39 Å². The summed E-state index contributed by atoms with van der Waals surface area (Å²) < 4.78 is 13.4. The van der Waals surface area contributed by atoms with Crippen LogP contribution < -0.4 is 5.32 Å². The van der Waals surface area contributed by atoms with Crippen LogP contribution in [0.3, 0.4) is 0 Å². The molecular weight excluding hydrogens is 279 g/mol. The standard InChI is InChI=1S/C14H15FN2S2/c1-9-8-19-14(17-9)7-16-12-4-5-18-13-3-2-10(15)6-11(12)13/h2-3,6,8,12,16H,4-5,7H2,1H3. The molecular formula is C14H15FN2S2. The van der Waals surface area contributed by atoms with Crippen LogP contribution in [-0.4, -0.2) is 10.7 Å². The van der Waals surface area contributed by atoms with E-state index in [1.54, 1.807) is 23.5 Å². The number of aryl methyl sites for hydroxylation is 1. The molecule has 2 heterocycles. The van der Waals surface area contributed by atoms with Gasteiger partial charge < -0.3 is 5.32 Å². The van der Waals surface area contributed by atoms with E-state index in [4.69, 9.17) is 0 Å². The number of aromatic nitrogens is 1. The summed E-state index contributed by atoms with van der Waals surface area (Å²) in [6.07, 6.45) is 1.03. The fourth-order valence-corrected chi connectivity index (χ4v) is 4.10. The van der Waals surface area contributed by atoms with Crippen LogP contribution in [0.15, 0.2) is 28.5 Å². The molecule has 1 N–H and O–H groups in total. The first-order chi connectivity index (χ1) is 9.22. The number of benzene rings is 1. The number of thiazole rings is 1. The maximum atomic E-state index is 13.4. The summed E-state index contributed by atoms with van der Waals surface area (Å²) in [6, 6.07) is 5.32. The summed E-state index contributed by atoms with van der Waals surface area (Å²) in [4.78, 5) is 5.64. The van der Waals surface area contributed by atoms with Crippen LogP contribution in [0, 0.1) is 12.7 Å². The van der Waals surface area contributed by atoms with Crippen LogP contribution in [0.5, 0.6) is 0 Å². The van der Waals surface area contributed by atoms with Crippen LogP contribution in [0.4, 0.5) is 4.39 Å². The van der Waals surface area contributed by atoms with E-state index in [-0.39, 0.29) is 11.9 Å². The lowest BCUT2D eigenvalue weighted by molar-refractivity contribution is 0.503. The molecule has 0 amide bonds. The van der Waals surface area contributed by atoms with Crippen molar-refractivity contribution in [3.05, 3.63) is 45.7 Å². The predicted molar refractivity (Wildman–Crippen MR) is 78.2 cm³/mol. The Morgan fingerprint density at radius 2 is 2.37 bits per heavy atom. The summed E-state index contributed by atoms with van der Waals surface area (Å²) in [5.74, 6) is 0.922. The molecule has 1 atom stereocenters. The molecule has 0 spiro atoms. The lowest BCUT2D eigenvalue weighted by Crippen LogP contribution is -2.24. The zero-order chi connectivity index (χ0) is 13.2. The van der Waals surface area contributed by atoms with Crippen LogP contribution >= 0.6 is 23.1 Å². The Bertz CT molecular complexity index is 583. The lowest BCUT2D eigenvalue weighted by atomic mass is 10.0. The Labute approximate surface area is 120 Å². The molecule has 3 rings (SSSR count). The number of nitrogens with zero attached hydrogens (tertiary/aromatic N) is 1. The lowest BCUT2D eigenvalue weighted by Gasteiger charge is -2.25. The number of hydrogen-bond donors (Lipinski definition) is 1. The zero-order valence-corrected chi connectivity index (χ0v) is 12.3. The maximum Gasteiger partial charge on any atom is 0.123 e. The molecule has 0 saturated carbocycles. The SMILES string of the molecule is Cc1csc(CNC2CCSc3ccc(F)cc32)n1. The van der Waals surface area contributed by atoms with E-state index in [2.05, 4.69) is 15.7 Å². The van der Waals surface area contributed by atoms with Crippen molar-refractivity contribution in [2.45, 2.75) is 30.8 Å². The summed E-state index contributed by atoms with van der Waals surface area (Å²) in [5, 5.41) is 6.65. The average molecular weight is 294 g/mol. The van der Waals surface area contributed by atoms with Gasteiger partial charge in [0.25, 0.3) is 0 Å². The van der Waals surface area contributed by atoms with Gasteiger partial charge in [-0.3, -0.25) is 0 Å². The van der Waals surface area contributed by atoms with Gasteiger partial charge in [-0.05, 0) is 42.9 Å². The van der Waals surface area contributed by atoms with E-state index in [0.29, 0.717) is 0 Å². The molecule has 1 aliphatic rings. The number of halogens is 1. The first-order valence-corrected chi connectivity index (χ1v) is 8.15. The summed E-state index contributed by atoms with van der Waals surface area (Å²) >= 11 is 3.48. The van der Waals surface area contributed by atoms with E-state index in [0.717, 1.165) is 35.0 Å². The summed E-state index contributed by atoms with van der Waals surface area (Å²) in [5.41, 5.74) is 2.15. The maximum absolute atomic E-state index is 13.4. The van der Waals surface area contributed by atoms with Crippen molar-refractivity contribution in [1.82, 2.24) is 10.3 Å². The molecule has 5 heteroatoms. The number of hydrogen-bond acceptors (Lipinski definition) is 4. The second kappa shape index (κ2) is 5.61. The van der Waals surface area contributed by atoms with Crippen LogP contribution in [0.2, 0.25) is 0 Å². The highest BCUT2D eigenvalue weighted by molar-refractivity contribution is 7.99. The van der Waals surface area contributed by atoms with E-state index < -0.39 is 0 Å². The molecule has 0 radical (unpaired) electrons. The smallest absolute Gasteiger partial charge is 0.123 e. The highest BCUT2D eigenvalue weighted by atomic mass is 32.2. The first-order valence-electron chi connectivity index (χ1n) is 6.29. The Balaban J connectivity index is 1.74. The Morgan fingerprint density at radius 1 is 1.47 bits per heavy atom. The van der Waals surface area contributed by atoms with E-state index in [9.17, 15) is 4.39 Å². The Hall–Kier alpha value is -0.910. The summed E-state index contributed by atoms with van der Waals surface area (Å²) in [7, 11) is 0. The van der Waals surface area contributed by atoms with Gasteiger partial charge in [0.1, 0.15) is 10.8 Å². The first kappa shape index (κ1) is 13.1. The minimum Gasteiger partial charge on any atom is -0.303 e. The molecule has 1 aromatic carbocycles. The monoisotopic (exact) mass is 294 g/mol. The molecule has 0 bridgehead atoms. The Kier molecular flexibility index (Phi) is 3.86. The summed E-state index contributed by atoms with van der Waals surface area (Å²) in [6.45, 7) is 2.76. The van der Waals surface area contributed by atoms with E-state index >= 15 is 0 Å². The molecule has 0 aliphatic carbocycles. The van der Waals surface area contributed by atoms with Gasteiger partial charge in [-0.15, -0.1) is 23.1 Å². The fourth-order valence-electron chi connectivity index (χ4n) is 2.27. The van der Waals surface area contributed by atoms with Crippen molar-refractivity contribution in [3.8, 4) is 0 Å². The van der Waals surface area contributed by atoms with Crippen LogP contribution in [-0.2, 0) is 6.54 Å². The fraction of sp³-hybridized carbons (Fsp3) is 0.357. The molecule has 1 aliphatic heterocycles. The number of nitrogens with one attached hydrogen (secondary N) is 1. The number of thioether (sulfide) groups is 1. The molecule has 0 fully saturated rings. The molecule has 0 saturated heterocycles. The minimum absolute atomic E-state index is 0.154. The van der Waals surface area contributed by atoms with Gasteiger partial charge in [0.15, 0.2) is 0 Å². The van der Waals surface area contributed by atoms with Crippen molar-refractivity contribution >= 4 is 23.1 Å². The van der Waals surface area contributed by atoms with Crippen molar-refractivity contribution in [1.29, 1.82) is 0 Å². The minimum atomic E-state index is -0.154. The highest BCUT2D eigenvalue weighted by Gasteiger charge is 2.21.